The van der Waals surface area contributed by atoms with Crippen molar-refractivity contribution in [3.63, 3.8) is 0 Å². The molecule has 1 saturated heterocycles. The van der Waals surface area contributed by atoms with Crippen LogP contribution in [0, 0.1) is 16.0 Å². The maximum atomic E-state index is 13.9. The fourth-order valence-electron chi connectivity index (χ4n) is 5.26. The summed E-state index contributed by atoms with van der Waals surface area (Å²) < 4.78 is 0. The number of anilines is 1. The number of benzene rings is 2. The van der Waals surface area contributed by atoms with E-state index in [1.807, 2.05) is 36.2 Å². The first-order valence-corrected chi connectivity index (χ1v) is 10.3. The molecule has 1 aromatic heterocycles. The molecule has 5 rings (SSSR count). The van der Waals surface area contributed by atoms with Crippen LogP contribution < -0.4 is 5.32 Å². The molecule has 8 nitrogen and oxygen atoms in total. The SMILES string of the molecule is CN1C[C@H](c2cccc([N+](=O)[O-])c2)[C@@H](C(=O)c2ccncc2)[C@@]12C(=O)Nc1ccccc12. The number of likely N-dealkylation sites (N-methyl/N-ethyl adjacent to an activating group) is 1. The number of hydrogen-bond acceptors (Lipinski definition) is 6. The number of non-ortho nitro benzene ring substituents is 1. The summed E-state index contributed by atoms with van der Waals surface area (Å²) >= 11 is 0. The molecule has 0 aliphatic carbocycles. The van der Waals surface area contributed by atoms with Crippen molar-refractivity contribution in [2.45, 2.75) is 11.5 Å². The predicted molar refractivity (Wildman–Crippen MR) is 117 cm³/mol. The van der Waals surface area contributed by atoms with Crippen molar-refractivity contribution in [1.29, 1.82) is 0 Å². The lowest BCUT2D eigenvalue weighted by Gasteiger charge is -2.35. The molecular formula is C24H20N4O4. The summed E-state index contributed by atoms with van der Waals surface area (Å²) in [5.74, 6) is -1.65. The number of ketones is 1. The minimum absolute atomic E-state index is 0.0440. The van der Waals surface area contributed by atoms with Crippen molar-refractivity contribution in [3.8, 4) is 0 Å². The lowest BCUT2D eigenvalue weighted by Crippen LogP contribution is -2.51. The highest BCUT2D eigenvalue weighted by molar-refractivity contribution is 6.12. The lowest BCUT2D eigenvalue weighted by atomic mass is 9.70. The summed E-state index contributed by atoms with van der Waals surface area (Å²) in [6.45, 7) is 0.393. The van der Waals surface area contributed by atoms with E-state index in [4.69, 9.17) is 0 Å². The Morgan fingerprint density at radius 1 is 1.16 bits per heavy atom. The molecule has 2 aliphatic heterocycles. The second-order valence-electron chi connectivity index (χ2n) is 8.18. The smallest absolute Gasteiger partial charge is 0.269 e. The van der Waals surface area contributed by atoms with E-state index in [0.717, 1.165) is 5.56 Å². The normalized spacial score (nSPS) is 24.3. The highest BCUT2D eigenvalue weighted by atomic mass is 16.6. The van der Waals surface area contributed by atoms with Crippen LogP contribution >= 0.6 is 0 Å². The van der Waals surface area contributed by atoms with Gasteiger partial charge in [0.2, 0.25) is 5.91 Å². The molecule has 3 atom stereocenters. The second kappa shape index (κ2) is 7.35. The van der Waals surface area contributed by atoms with Crippen molar-refractivity contribution < 1.29 is 14.5 Å². The number of nitro groups is 1. The van der Waals surface area contributed by atoms with Crippen LogP contribution in [0.15, 0.2) is 73.1 Å². The number of aromatic nitrogens is 1. The quantitative estimate of drug-likeness (QED) is 0.388. The van der Waals surface area contributed by atoms with Gasteiger partial charge in [-0.05, 0) is 30.8 Å². The highest BCUT2D eigenvalue weighted by Crippen LogP contribution is 2.55. The van der Waals surface area contributed by atoms with Gasteiger partial charge < -0.3 is 5.32 Å². The van der Waals surface area contributed by atoms with E-state index in [1.165, 1.54) is 12.1 Å². The maximum absolute atomic E-state index is 13.9. The molecule has 2 aromatic carbocycles. The molecule has 1 amide bonds. The van der Waals surface area contributed by atoms with E-state index >= 15 is 0 Å². The number of nitrogens with one attached hydrogen (secondary N) is 1. The molecule has 0 bridgehead atoms. The number of likely N-dealkylation sites (tertiary alicyclic amines) is 1. The zero-order valence-electron chi connectivity index (χ0n) is 17.3. The predicted octanol–water partition coefficient (Wildman–Crippen LogP) is 3.37. The van der Waals surface area contributed by atoms with Crippen LogP contribution in [0.1, 0.15) is 27.4 Å². The summed E-state index contributed by atoms with van der Waals surface area (Å²) in [4.78, 5) is 44.3. The summed E-state index contributed by atoms with van der Waals surface area (Å²) in [7, 11) is 1.83. The van der Waals surface area contributed by atoms with Gasteiger partial charge in [-0.25, -0.2) is 0 Å². The number of carbonyl (C=O) groups is 2. The van der Waals surface area contributed by atoms with Gasteiger partial charge in [-0.1, -0.05) is 30.3 Å². The Morgan fingerprint density at radius 2 is 1.91 bits per heavy atom. The van der Waals surface area contributed by atoms with E-state index in [9.17, 15) is 19.7 Å². The van der Waals surface area contributed by atoms with Crippen LogP contribution in [-0.2, 0) is 10.3 Å². The molecule has 160 valence electrons. The van der Waals surface area contributed by atoms with Gasteiger partial charge in [-0.3, -0.25) is 29.6 Å². The first-order valence-electron chi connectivity index (χ1n) is 10.3. The molecule has 0 saturated carbocycles. The van der Waals surface area contributed by atoms with Gasteiger partial charge in [0.05, 0.1) is 10.8 Å². The van der Waals surface area contributed by atoms with Crippen LogP contribution in [0.2, 0.25) is 0 Å². The summed E-state index contributed by atoms with van der Waals surface area (Å²) in [5.41, 5.74) is 1.27. The minimum Gasteiger partial charge on any atom is -0.324 e. The Balaban J connectivity index is 1.73. The summed E-state index contributed by atoms with van der Waals surface area (Å²) in [5, 5.41) is 14.3. The number of fused-ring (bicyclic) bond motifs is 2. The third-order valence-electron chi connectivity index (χ3n) is 6.61. The Hall–Kier alpha value is -3.91. The summed E-state index contributed by atoms with van der Waals surface area (Å²) in [6.07, 6.45) is 3.09. The highest BCUT2D eigenvalue weighted by Gasteiger charge is 2.64. The number of Topliss-reactive ketones (excluding diaryl/α,β-unsaturated/α-hetero) is 1. The molecule has 8 heteroatoms. The number of hydrogen-bond donors (Lipinski definition) is 1. The van der Waals surface area contributed by atoms with E-state index in [-0.39, 0.29) is 17.4 Å². The van der Waals surface area contributed by atoms with Crippen LogP contribution in [0.25, 0.3) is 0 Å². The fourth-order valence-corrected chi connectivity index (χ4v) is 5.26. The molecule has 32 heavy (non-hydrogen) atoms. The minimum atomic E-state index is -1.22. The third-order valence-corrected chi connectivity index (χ3v) is 6.61. The van der Waals surface area contributed by atoms with Gasteiger partial charge in [0, 0.05) is 53.8 Å². The molecule has 3 aromatic rings. The Morgan fingerprint density at radius 3 is 2.66 bits per heavy atom. The van der Waals surface area contributed by atoms with Crippen LogP contribution in [0.4, 0.5) is 11.4 Å². The average molecular weight is 428 g/mol. The molecule has 3 heterocycles. The molecule has 0 radical (unpaired) electrons. The van der Waals surface area contributed by atoms with Gasteiger partial charge in [-0.2, -0.15) is 0 Å². The molecule has 1 spiro atoms. The Bertz CT molecular complexity index is 1250. The molecule has 0 unspecified atom stereocenters. The number of nitro benzene ring substituents is 1. The number of amides is 1. The van der Waals surface area contributed by atoms with E-state index < -0.39 is 22.3 Å². The molecule has 1 fully saturated rings. The molecule has 1 N–H and O–H groups in total. The summed E-state index contributed by atoms with van der Waals surface area (Å²) in [6, 6.07) is 17.0. The van der Waals surface area contributed by atoms with Gasteiger partial charge in [0.15, 0.2) is 5.78 Å². The van der Waals surface area contributed by atoms with Gasteiger partial charge >= 0.3 is 0 Å². The van der Waals surface area contributed by atoms with Crippen molar-refractivity contribution in [3.05, 3.63) is 99.9 Å². The first kappa shape index (κ1) is 20.0. The van der Waals surface area contributed by atoms with Crippen molar-refractivity contribution in [2.75, 3.05) is 18.9 Å². The van der Waals surface area contributed by atoms with Gasteiger partial charge in [0.25, 0.3) is 5.69 Å². The number of pyridine rings is 1. The first-order chi connectivity index (χ1) is 15.4. The Kier molecular flexibility index (Phi) is 4.60. The monoisotopic (exact) mass is 428 g/mol. The van der Waals surface area contributed by atoms with Crippen LogP contribution in [-0.4, -0.2) is 40.1 Å². The van der Waals surface area contributed by atoms with E-state index in [1.54, 1.807) is 36.7 Å². The second-order valence-corrected chi connectivity index (χ2v) is 8.18. The van der Waals surface area contributed by atoms with Gasteiger partial charge in [-0.15, -0.1) is 0 Å². The lowest BCUT2D eigenvalue weighted by molar-refractivity contribution is -0.384. The molecule has 2 aliphatic rings. The van der Waals surface area contributed by atoms with Gasteiger partial charge in [0.1, 0.15) is 5.54 Å². The zero-order chi connectivity index (χ0) is 22.5. The Labute approximate surface area is 184 Å². The fraction of sp³-hybridized carbons (Fsp3) is 0.208. The van der Waals surface area contributed by atoms with Crippen molar-refractivity contribution in [2.24, 2.45) is 5.92 Å². The molecular weight excluding hydrogens is 408 g/mol. The number of nitrogens with zero attached hydrogens (tertiary/aromatic N) is 3. The number of para-hydroxylation sites is 1. The largest absolute Gasteiger partial charge is 0.324 e. The van der Waals surface area contributed by atoms with Crippen LogP contribution in [0.5, 0.6) is 0 Å². The maximum Gasteiger partial charge on any atom is 0.269 e. The van der Waals surface area contributed by atoms with Crippen molar-refractivity contribution in [1.82, 2.24) is 9.88 Å². The average Bonchev–Trinajstić information content (AvgIpc) is 3.29. The number of rotatable bonds is 4. The van der Waals surface area contributed by atoms with Crippen LogP contribution in [0.3, 0.4) is 0 Å². The van der Waals surface area contributed by atoms with E-state index in [0.29, 0.717) is 23.4 Å². The van der Waals surface area contributed by atoms with E-state index in [2.05, 4.69) is 10.3 Å². The topological polar surface area (TPSA) is 105 Å². The van der Waals surface area contributed by atoms with Crippen molar-refractivity contribution >= 4 is 23.1 Å². The third kappa shape index (κ3) is 2.76. The standard InChI is InChI=1S/C24H20N4O4/c1-27-14-18(16-5-4-6-17(13-16)28(31)32)21(22(29)15-9-11-25-12-10-15)24(27)19-7-2-3-8-20(19)26-23(24)30/h2-13,18,21H,14H2,1H3,(H,26,30)/t18-,21+,24+/m1/s1. The zero-order valence-corrected chi connectivity index (χ0v) is 17.3. The number of carbonyl (C=O) groups excluding carboxylic acids is 2.